The minimum absolute atomic E-state index is 0.0899. The molecule has 1 aromatic rings. The Bertz CT molecular complexity index is 410. The highest BCUT2D eigenvalue weighted by molar-refractivity contribution is 7.18. The van der Waals surface area contributed by atoms with Gasteiger partial charge in [-0.25, -0.2) is 4.79 Å². The number of aromatic carboxylic acids is 1. The average Bonchev–Trinajstić information content (AvgIpc) is 2.41. The summed E-state index contributed by atoms with van der Waals surface area (Å²) in [6.45, 7) is 2.97. The minimum Gasteiger partial charge on any atom is -0.487 e. The molecule has 0 aliphatic rings. The van der Waals surface area contributed by atoms with E-state index in [2.05, 4.69) is 5.32 Å². The first-order valence-electron chi connectivity index (χ1n) is 4.15. The molecule has 0 radical (unpaired) electrons. The Balaban J connectivity index is 3.24. The van der Waals surface area contributed by atoms with E-state index in [0.717, 1.165) is 11.3 Å². The van der Waals surface area contributed by atoms with Crippen LogP contribution in [0.2, 0.25) is 0 Å². The number of carboxylic acids is 1. The van der Waals surface area contributed by atoms with Crippen LogP contribution < -0.4 is 10.1 Å². The number of ether oxygens (including phenoxy) is 1. The van der Waals surface area contributed by atoms with Gasteiger partial charge in [-0.1, -0.05) is 11.3 Å². The molecule has 0 bridgehead atoms. The van der Waals surface area contributed by atoms with Gasteiger partial charge in [-0.3, -0.25) is 4.79 Å². The van der Waals surface area contributed by atoms with Crippen molar-refractivity contribution >= 4 is 28.2 Å². The van der Waals surface area contributed by atoms with Gasteiger partial charge in [0.1, 0.15) is 10.6 Å². The SMILES string of the molecule is COc1sc(NC(C)=O)c(C(=O)O)c1C. The molecule has 0 aromatic carbocycles. The van der Waals surface area contributed by atoms with Crippen molar-refractivity contribution in [2.24, 2.45) is 0 Å². The van der Waals surface area contributed by atoms with Crippen LogP contribution in [0.4, 0.5) is 5.00 Å². The molecule has 0 unspecified atom stereocenters. The Morgan fingerprint density at radius 1 is 1.47 bits per heavy atom. The second-order valence-corrected chi connectivity index (χ2v) is 3.89. The molecule has 0 atom stereocenters. The zero-order chi connectivity index (χ0) is 11.6. The molecule has 82 valence electrons. The monoisotopic (exact) mass is 229 g/mol. The van der Waals surface area contributed by atoms with Crippen molar-refractivity contribution in [1.29, 1.82) is 0 Å². The summed E-state index contributed by atoms with van der Waals surface area (Å²) in [4.78, 5) is 21.8. The maximum atomic E-state index is 11.0. The van der Waals surface area contributed by atoms with Crippen molar-refractivity contribution in [3.8, 4) is 5.06 Å². The van der Waals surface area contributed by atoms with E-state index < -0.39 is 5.97 Å². The lowest BCUT2D eigenvalue weighted by Crippen LogP contribution is -2.08. The van der Waals surface area contributed by atoms with Gasteiger partial charge in [0.2, 0.25) is 5.91 Å². The second kappa shape index (κ2) is 4.31. The van der Waals surface area contributed by atoms with Crippen LogP contribution in [0.15, 0.2) is 0 Å². The number of methoxy groups -OCH3 is 1. The smallest absolute Gasteiger partial charge is 0.339 e. The Morgan fingerprint density at radius 2 is 2.07 bits per heavy atom. The molecule has 0 fully saturated rings. The van der Waals surface area contributed by atoms with Crippen LogP contribution in [0.3, 0.4) is 0 Å². The number of anilines is 1. The largest absolute Gasteiger partial charge is 0.487 e. The molecule has 1 amide bonds. The summed E-state index contributed by atoms with van der Waals surface area (Å²) in [7, 11) is 1.46. The number of hydrogen-bond acceptors (Lipinski definition) is 4. The highest BCUT2D eigenvalue weighted by Crippen LogP contribution is 2.38. The maximum Gasteiger partial charge on any atom is 0.339 e. The molecule has 1 rings (SSSR count). The van der Waals surface area contributed by atoms with E-state index in [1.165, 1.54) is 14.0 Å². The lowest BCUT2D eigenvalue weighted by Gasteiger charge is -1.99. The molecular formula is C9H11NO4S. The fourth-order valence-electron chi connectivity index (χ4n) is 1.19. The Hall–Kier alpha value is -1.56. The van der Waals surface area contributed by atoms with Crippen LogP contribution in [0.25, 0.3) is 0 Å². The number of rotatable bonds is 3. The molecule has 6 heteroatoms. The van der Waals surface area contributed by atoms with Crippen LogP contribution in [0.1, 0.15) is 22.8 Å². The molecule has 0 aliphatic carbocycles. The van der Waals surface area contributed by atoms with Crippen molar-refractivity contribution < 1.29 is 19.4 Å². The Labute approximate surface area is 90.7 Å². The highest BCUT2D eigenvalue weighted by atomic mass is 32.1. The summed E-state index contributed by atoms with van der Waals surface area (Å²) in [5.41, 5.74) is 0.616. The topological polar surface area (TPSA) is 75.6 Å². The first kappa shape index (κ1) is 11.5. The fourth-order valence-corrected chi connectivity index (χ4v) is 2.25. The molecular weight excluding hydrogens is 218 g/mol. The third-order valence-electron chi connectivity index (χ3n) is 1.79. The van der Waals surface area contributed by atoms with Gasteiger partial charge in [-0.2, -0.15) is 0 Å². The molecule has 0 spiro atoms. The molecule has 2 N–H and O–H groups in total. The van der Waals surface area contributed by atoms with Crippen LogP contribution in [-0.4, -0.2) is 24.1 Å². The summed E-state index contributed by atoms with van der Waals surface area (Å²) >= 11 is 1.11. The number of hydrogen-bond donors (Lipinski definition) is 2. The van der Waals surface area contributed by atoms with Gasteiger partial charge in [0.25, 0.3) is 0 Å². The molecule has 1 heterocycles. The lowest BCUT2D eigenvalue weighted by molar-refractivity contribution is -0.114. The van der Waals surface area contributed by atoms with Crippen LogP contribution in [0.5, 0.6) is 5.06 Å². The predicted molar refractivity (Wildman–Crippen MR) is 56.9 cm³/mol. The fraction of sp³-hybridized carbons (Fsp3) is 0.333. The van der Waals surface area contributed by atoms with Gasteiger partial charge in [0.05, 0.1) is 7.11 Å². The first-order chi connectivity index (χ1) is 6.97. The van der Waals surface area contributed by atoms with E-state index in [-0.39, 0.29) is 11.5 Å². The van der Waals surface area contributed by atoms with Gasteiger partial charge in [-0.05, 0) is 6.92 Å². The third kappa shape index (κ3) is 2.27. The zero-order valence-corrected chi connectivity index (χ0v) is 9.40. The summed E-state index contributed by atoms with van der Waals surface area (Å²) in [5, 5.41) is 12.2. The number of nitrogens with one attached hydrogen (secondary N) is 1. The highest BCUT2D eigenvalue weighted by Gasteiger charge is 2.21. The summed E-state index contributed by atoms with van der Waals surface area (Å²) < 4.78 is 5.00. The predicted octanol–water partition coefficient (Wildman–Crippen LogP) is 1.72. The van der Waals surface area contributed by atoms with Gasteiger partial charge >= 0.3 is 5.97 Å². The number of amides is 1. The van der Waals surface area contributed by atoms with Crippen molar-refractivity contribution in [1.82, 2.24) is 0 Å². The summed E-state index contributed by atoms with van der Waals surface area (Å²) in [6.07, 6.45) is 0. The average molecular weight is 229 g/mol. The van der Waals surface area contributed by atoms with E-state index in [1.807, 2.05) is 0 Å². The van der Waals surface area contributed by atoms with E-state index >= 15 is 0 Å². The number of thiophene rings is 1. The molecule has 15 heavy (non-hydrogen) atoms. The van der Waals surface area contributed by atoms with E-state index in [4.69, 9.17) is 9.84 Å². The van der Waals surface area contributed by atoms with E-state index in [1.54, 1.807) is 6.92 Å². The number of carbonyl (C=O) groups is 2. The first-order valence-corrected chi connectivity index (χ1v) is 4.97. The van der Waals surface area contributed by atoms with Gasteiger partial charge < -0.3 is 15.2 Å². The third-order valence-corrected chi connectivity index (χ3v) is 2.96. The molecule has 0 saturated carbocycles. The van der Waals surface area contributed by atoms with Crippen molar-refractivity contribution in [3.63, 3.8) is 0 Å². The Morgan fingerprint density at radius 3 is 2.47 bits per heavy atom. The molecule has 5 nitrogen and oxygen atoms in total. The lowest BCUT2D eigenvalue weighted by atomic mass is 10.2. The summed E-state index contributed by atoms with van der Waals surface area (Å²) in [5.74, 6) is -1.38. The normalized spacial score (nSPS) is 9.80. The number of carboxylic acid groups (broad SMARTS) is 1. The van der Waals surface area contributed by atoms with Crippen molar-refractivity contribution in [2.45, 2.75) is 13.8 Å². The Kier molecular flexibility index (Phi) is 3.31. The quantitative estimate of drug-likeness (QED) is 0.827. The van der Waals surface area contributed by atoms with Crippen LogP contribution in [0, 0.1) is 6.92 Å². The van der Waals surface area contributed by atoms with Gasteiger partial charge in [-0.15, -0.1) is 0 Å². The van der Waals surface area contributed by atoms with Crippen LogP contribution >= 0.6 is 11.3 Å². The minimum atomic E-state index is -1.07. The molecule has 0 aliphatic heterocycles. The molecule has 1 aromatic heterocycles. The van der Waals surface area contributed by atoms with Crippen LogP contribution in [-0.2, 0) is 4.79 Å². The standard InChI is InChI=1S/C9H11NO4S/c1-4-6(8(12)13)7(10-5(2)11)15-9(4)14-3/h1-3H3,(H,10,11)(H,12,13). The van der Waals surface area contributed by atoms with Crippen molar-refractivity contribution in [3.05, 3.63) is 11.1 Å². The van der Waals surface area contributed by atoms with E-state index in [9.17, 15) is 9.59 Å². The van der Waals surface area contributed by atoms with Gasteiger partial charge in [0.15, 0.2) is 5.06 Å². The zero-order valence-electron chi connectivity index (χ0n) is 8.58. The maximum absolute atomic E-state index is 11.0. The molecule has 0 saturated heterocycles. The van der Waals surface area contributed by atoms with Gasteiger partial charge in [0, 0.05) is 12.5 Å². The number of carbonyl (C=O) groups excluding carboxylic acids is 1. The summed E-state index contributed by atoms with van der Waals surface area (Å²) in [6, 6.07) is 0. The van der Waals surface area contributed by atoms with E-state index in [0.29, 0.717) is 15.6 Å². The van der Waals surface area contributed by atoms with Crippen molar-refractivity contribution in [2.75, 3.05) is 12.4 Å². The second-order valence-electron chi connectivity index (χ2n) is 2.91.